The van der Waals surface area contributed by atoms with Crippen LogP contribution in [0.25, 0.3) is 0 Å². The van der Waals surface area contributed by atoms with E-state index in [0.29, 0.717) is 5.02 Å². The zero-order chi connectivity index (χ0) is 10.7. The molecule has 0 spiro atoms. The molecule has 1 aromatic carbocycles. The average molecular weight is 219 g/mol. The molecule has 0 saturated carbocycles. The predicted octanol–water partition coefficient (Wildman–Crippen LogP) is 2.78. The molecule has 2 aromatic rings. The Morgan fingerprint density at radius 3 is 2.60 bits per heavy atom. The SMILES string of the molecule is NC(c1cccnc1)c1cccc(Cl)c1. The molecule has 0 saturated heterocycles. The van der Waals surface area contributed by atoms with Gasteiger partial charge < -0.3 is 5.73 Å². The van der Waals surface area contributed by atoms with E-state index in [9.17, 15) is 0 Å². The molecule has 0 radical (unpaired) electrons. The number of benzene rings is 1. The summed E-state index contributed by atoms with van der Waals surface area (Å²) in [5, 5.41) is 0.701. The molecule has 0 fully saturated rings. The van der Waals surface area contributed by atoms with Crippen LogP contribution in [-0.2, 0) is 0 Å². The van der Waals surface area contributed by atoms with Crippen LogP contribution < -0.4 is 5.73 Å². The van der Waals surface area contributed by atoms with Gasteiger partial charge in [-0.1, -0.05) is 29.8 Å². The van der Waals surface area contributed by atoms with Crippen molar-refractivity contribution in [1.29, 1.82) is 0 Å². The van der Waals surface area contributed by atoms with Gasteiger partial charge in [0.25, 0.3) is 0 Å². The van der Waals surface area contributed by atoms with E-state index in [1.165, 1.54) is 0 Å². The summed E-state index contributed by atoms with van der Waals surface area (Å²) >= 11 is 5.91. The highest BCUT2D eigenvalue weighted by Gasteiger charge is 2.08. The van der Waals surface area contributed by atoms with Crippen molar-refractivity contribution in [3.63, 3.8) is 0 Å². The third kappa shape index (κ3) is 2.35. The Bertz CT molecular complexity index is 442. The topological polar surface area (TPSA) is 38.9 Å². The zero-order valence-corrected chi connectivity index (χ0v) is 8.85. The minimum absolute atomic E-state index is 0.169. The predicted molar refractivity (Wildman–Crippen MR) is 61.7 cm³/mol. The summed E-state index contributed by atoms with van der Waals surface area (Å²) in [6.07, 6.45) is 3.50. The van der Waals surface area contributed by atoms with Gasteiger partial charge in [-0.25, -0.2) is 0 Å². The van der Waals surface area contributed by atoms with Crippen molar-refractivity contribution in [1.82, 2.24) is 4.98 Å². The molecule has 0 amide bonds. The lowest BCUT2D eigenvalue weighted by Gasteiger charge is -2.11. The first-order valence-electron chi connectivity index (χ1n) is 4.68. The van der Waals surface area contributed by atoms with Crippen LogP contribution in [0.2, 0.25) is 5.02 Å². The second-order valence-electron chi connectivity index (χ2n) is 3.32. The molecule has 0 bridgehead atoms. The van der Waals surface area contributed by atoms with Gasteiger partial charge in [0, 0.05) is 17.4 Å². The van der Waals surface area contributed by atoms with Crippen molar-refractivity contribution in [2.24, 2.45) is 5.73 Å². The van der Waals surface area contributed by atoms with Gasteiger partial charge in [-0.2, -0.15) is 0 Å². The number of pyridine rings is 1. The smallest absolute Gasteiger partial charge is 0.0567 e. The van der Waals surface area contributed by atoms with Gasteiger partial charge in [-0.3, -0.25) is 4.98 Å². The van der Waals surface area contributed by atoms with Gasteiger partial charge in [0.2, 0.25) is 0 Å². The second kappa shape index (κ2) is 4.43. The summed E-state index contributed by atoms with van der Waals surface area (Å²) in [5.41, 5.74) is 8.07. The van der Waals surface area contributed by atoms with Crippen LogP contribution in [0.1, 0.15) is 17.2 Å². The molecule has 0 aliphatic carbocycles. The van der Waals surface area contributed by atoms with Crippen LogP contribution in [0.5, 0.6) is 0 Å². The molecule has 0 aliphatic rings. The molecule has 2 nitrogen and oxygen atoms in total. The third-order valence-corrected chi connectivity index (χ3v) is 2.49. The maximum absolute atomic E-state index is 6.09. The Balaban J connectivity index is 2.32. The third-order valence-electron chi connectivity index (χ3n) is 2.25. The van der Waals surface area contributed by atoms with E-state index in [-0.39, 0.29) is 6.04 Å². The first-order valence-corrected chi connectivity index (χ1v) is 5.06. The number of rotatable bonds is 2. The number of aromatic nitrogens is 1. The highest BCUT2D eigenvalue weighted by atomic mass is 35.5. The highest BCUT2D eigenvalue weighted by molar-refractivity contribution is 6.30. The standard InChI is InChI=1S/C12H11ClN2/c13-11-5-1-3-9(7-11)12(14)10-4-2-6-15-8-10/h1-8,12H,14H2. The molecule has 2 N–H and O–H groups in total. The first kappa shape index (κ1) is 10.1. The van der Waals surface area contributed by atoms with Gasteiger partial charge in [-0.05, 0) is 29.3 Å². The Hall–Kier alpha value is -1.38. The van der Waals surface area contributed by atoms with Crippen LogP contribution in [0.4, 0.5) is 0 Å². The van der Waals surface area contributed by atoms with Crippen LogP contribution in [0.15, 0.2) is 48.8 Å². The number of halogens is 1. The quantitative estimate of drug-likeness (QED) is 0.842. The maximum atomic E-state index is 6.09. The molecule has 1 heterocycles. The summed E-state index contributed by atoms with van der Waals surface area (Å²) in [6.45, 7) is 0. The lowest BCUT2D eigenvalue weighted by Crippen LogP contribution is -2.11. The Kier molecular flexibility index (Phi) is 2.99. The molecular formula is C12H11ClN2. The second-order valence-corrected chi connectivity index (χ2v) is 3.76. The van der Waals surface area contributed by atoms with Crippen molar-refractivity contribution in [3.8, 4) is 0 Å². The monoisotopic (exact) mass is 218 g/mol. The zero-order valence-electron chi connectivity index (χ0n) is 8.10. The Labute approximate surface area is 93.7 Å². The van der Waals surface area contributed by atoms with E-state index in [1.807, 2.05) is 36.4 Å². The van der Waals surface area contributed by atoms with Gasteiger partial charge in [0.05, 0.1) is 6.04 Å². The van der Waals surface area contributed by atoms with Gasteiger partial charge in [-0.15, -0.1) is 0 Å². The molecule has 1 unspecified atom stereocenters. The summed E-state index contributed by atoms with van der Waals surface area (Å²) in [5.74, 6) is 0. The van der Waals surface area contributed by atoms with Crippen molar-refractivity contribution in [2.75, 3.05) is 0 Å². The van der Waals surface area contributed by atoms with Crippen molar-refractivity contribution in [2.45, 2.75) is 6.04 Å². The normalized spacial score (nSPS) is 12.4. The first-order chi connectivity index (χ1) is 7.27. The van der Waals surface area contributed by atoms with E-state index >= 15 is 0 Å². The Morgan fingerprint density at radius 1 is 1.13 bits per heavy atom. The van der Waals surface area contributed by atoms with Crippen LogP contribution >= 0.6 is 11.6 Å². The number of hydrogen-bond acceptors (Lipinski definition) is 2. The van der Waals surface area contributed by atoms with Crippen LogP contribution in [0.3, 0.4) is 0 Å². The van der Waals surface area contributed by atoms with Gasteiger partial charge >= 0.3 is 0 Å². The van der Waals surface area contributed by atoms with Crippen LogP contribution in [0, 0.1) is 0 Å². The fourth-order valence-corrected chi connectivity index (χ4v) is 1.65. The maximum Gasteiger partial charge on any atom is 0.0567 e. The van der Waals surface area contributed by atoms with E-state index in [2.05, 4.69) is 4.98 Å². The molecule has 1 aromatic heterocycles. The largest absolute Gasteiger partial charge is 0.320 e. The molecule has 15 heavy (non-hydrogen) atoms. The summed E-state index contributed by atoms with van der Waals surface area (Å²) < 4.78 is 0. The average Bonchev–Trinajstić information content (AvgIpc) is 2.29. The molecule has 3 heteroatoms. The molecule has 0 aliphatic heterocycles. The minimum Gasteiger partial charge on any atom is -0.320 e. The van der Waals surface area contributed by atoms with E-state index < -0.39 is 0 Å². The van der Waals surface area contributed by atoms with Crippen LogP contribution in [-0.4, -0.2) is 4.98 Å². The molecule has 76 valence electrons. The van der Waals surface area contributed by atoms with E-state index in [4.69, 9.17) is 17.3 Å². The fourth-order valence-electron chi connectivity index (χ4n) is 1.45. The minimum atomic E-state index is -0.169. The summed E-state index contributed by atoms with van der Waals surface area (Å²) in [6, 6.07) is 11.2. The lowest BCUT2D eigenvalue weighted by molar-refractivity contribution is 0.863. The summed E-state index contributed by atoms with van der Waals surface area (Å²) in [7, 11) is 0. The highest BCUT2D eigenvalue weighted by Crippen LogP contribution is 2.21. The molecule has 2 rings (SSSR count). The van der Waals surface area contributed by atoms with Gasteiger partial charge in [0.1, 0.15) is 0 Å². The van der Waals surface area contributed by atoms with E-state index in [0.717, 1.165) is 11.1 Å². The molecule has 1 atom stereocenters. The van der Waals surface area contributed by atoms with Gasteiger partial charge in [0.15, 0.2) is 0 Å². The van der Waals surface area contributed by atoms with Crippen molar-refractivity contribution >= 4 is 11.6 Å². The van der Waals surface area contributed by atoms with Crippen molar-refractivity contribution < 1.29 is 0 Å². The number of nitrogens with two attached hydrogens (primary N) is 1. The molecular weight excluding hydrogens is 208 g/mol. The van der Waals surface area contributed by atoms with E-state index in [1.54, 1.807) is 12.4 Å². The summed E-state index contributed by atoms with van der Waals surface area (Å²) in [4.78, 5) is 4.04. The Morgan fingerprint density at radius 2 is 1.93 bits per heavy atom. The lowest BCUT2D eigenvalue weighted by atomic mass is 10.0. The fraction of sp³-hybridized carbons (Fsp3) is 0.0833. The number of nitrogens with zero attached hydrogens (tertiary/aromatic N) is 1. The van der Waals surface area contributed by atoms with Crippen molar-refractivity contribution in [3.05, 3.63) is 64.9 Å². The number of hydrogen-bond donors (Lipinski definition) is 1.